The van der Waals surface area contributed by atoms with Crippen molar-refractivity contribution in [2.75, 3.05) is 31.5 Å². The highest BCUT2D eigenvalue weighted by atomic mass is 35.5. The number of amides is 2. The third kappa shape index (κ3) is 8.77. The molecule has 0 bridgehead atoms. The molecule has 2 N–H and O–H groups in total. The number of carbonyl (C=O) groups is 2. The number of hydrogen-bond acceptors (Lipinski definition) is 6. The maximum Gasteiger partial charge on any atom is 0.262 e. The Labute approximate surface area is 242 Å². The Bertz CT molecular complexity index is 1220. The number of unbranched alkanes of at least 4 members (excludes halogenated alkanes) is 3. The molecule has 3 rings (SSSR count). The van der Waals surface area contributed by atoms with E-state index >= 15 is 0 Å². The average molecular weight is 596 g/mol. The van der Waals surface area contributed by atoms with Crippen molar-refractivity contribution in [3.8, 4) is 0 Å². The van der Waals surface area contributed by atoms with Gasteiger partial charge in [-0.15, -0.1) is 11.3 Å². The van der Waals surface area contributed by atoms with Crippen molar-refractivity contribution in [2.45, 2.75) is 82.3 Å². The molecule has 0 aliphatic carbocycles. The highest BCUT2D eigenvalue weighted by Gasteiger charge is 2.27. The maximum absolute atomic E-state index is 12.5. The Balaban J connectivity index is 1.31. The lowest BCUT2D eigenvalue weighted by atomic mass is 9.89. The zero-order valence-corrected chi connectivity index (χ0v) is 25.9. The molecule has 1 aromatic heterocycles. The average Bonchev–Trinajstić information content (AvgIpc) is 3.30. The molecule has 1 aliphatic rings. The number of benzene rings is 1. The molecule has 1 aliphatic heterocycles. The number of sulfone groups is 1. The number of carbonyl (C=O) groups excluding carboxylic acids is 2. The van der Waals surface area contributed by atoms with Gasteiger partial charge in [-0.1, -0.05) is 50.4 Å². The van der Waals surface area contributed by atoms with Crippen molar-refractivity contribution >= 4 is 50.3 Å². The maximum atomic E-state index is 12.5. The zero-order chi connectivity index (χ0) is 28.6. The molecule has 1 aromatic carbocycles. The van der Waals surface area contributed by atoms with Crippen LogP contribution < -0.4 is 10.6 Å². The molecule has 10 heteroatoms. The van der Waals surface area contributed by atoms with E-state index in [0.29, 0.717) is 12.5 Å². The van der Waals surface area contributed by atoms with E-state index < -0.39 is 15.1 Å². The molecule has 0 saturated carbocycles. The van der Waals surface area contributed by atoms with E-state index in [1.165, 1.54) is 10.9 Å². The first-order valence-corrected chi connectivity index (χ1v) is 16.7. The monoisotopic (exact) mass is 595 g/mol. The fourth-order valence-electron chi connectivity index (χ4n) is 4.67. The molecule has 2 aromatic rings. The summed E-state index contributed by atoms with van der Waals surface area (Å²) in [5.74, 6) is 0.224. The van der Waals surface area contributed by atoms with Crippen LogP contribution in [-0.2, 0) is 14.6 Å². The first kappa shape index (κ1) is 31.6. The lowest BCUT2D eigenvalue weighted by Crippen LogP contribution is -2.33. The summed E-state index contributed by atoms with van der Waals surface area (Å²) in [5.41, 5.74) is 2.19. The molecule has 1 saturated heterocycles. The molecule has 7 nitrogen and oxygen atoms in total. The lowest BCUT2D eigenvalue weighted by molar-refractivity contribution is -0.118. The minimum Gasteiger partial charge on any atom is -0.351 e. The molecule has 2 heterocycles. The number of halogens is 1. The summed E-state index contributed by atoms with van der Waals surface area (Å²) in [6, 6.07) is 8.28. The van der Waals surface area contributed by atoms with Gasteiger partial charge < -0.3 is 15.5 Å². The van der Waals surface area contributed by atoms with Crippen molar-refractivity contribution in [2.24, 2.45) is 5.92 Å². The molecule has 0 spiro atoms. The minimum atomic E-state index is -3.51. The van der Waals surface area contributed by atoms with Gasteiger partial charge in [0.1, 0.15) is 4.88 Å². The molecule has 2 amide bonds. The van der Waals surface area contributed by atoms with E-state index in [4.69, 9.17) is 11.6 Å². The van der Waals surface area contributed by atoms with Crippen LogP contribution in [-0.4, -0.2) is 56.6 Å². The predicted molar refractivity (Wildman–Crippen MR) is 161 cm³/mol. The number of rotatable bonds is 13. The number of anilines is 1. The summed E-state index contributed by atoms with van der Waals surface area (Å²) < 4.78 is 24.8. The van der Waals surface area contributed by atoms with Gasteiger partial charge >= 0.3 is 0 Å². The fraction of sp³-hybridized carbons (Fsp3) is 0.586. The van der Waals surface area contributed by atoms with Gasteiger partial charge in [-0.2, -0.15) is 0 Å². The number of hydrogen-bond donors (Lipinski definition) is 2. The van der Waals surface area contributed by atoms with Crippen molar-refractivity contribution in [3.05, 3.63) is 45.1 Å². The quantitative estimate of drug-likeness (QED) is 0.263. The van der Waals surface area contributed by atoms with Crippen LogP contribution in [0.25, 0.3) is 0 Å². The Morgan fingerprint density at radius 1 is 1.08 bits per heavy atom. The number of thiophene rings is 1. The van der Waals surface area contributed by atoms with Crippen LogP contribution in [0.5, 0.6) is 0 Å². The van der Waals surface area contributed by atoms with Gasteiger partial charge in [0, 0.05) is 23.5 Å². The molecule has 216 valence electrons. The van der Waals surface area contributed by atoms with Crippen LogP contribution in [0.15, 0.2) is 34.5 Å². The lowest BCUT2D eigenvalue weighted by Gasteiger charge is -2.32. The Kier molecular flexibility index (Phi) is 11.8. The van der Waals surface area contributed by atoms with Crippen molar-refractivity contribution in [1.29, 1.82) is 0 Å². The van der Waals surface area contributed by atoms with Gasteiger partial charge in [-0.25, -0.2) is 8.42 Å². The van der Waals surface area contributed by atoms with Gasteiger partial charge in [0.05, 0.1) is 15.2 Å². The number of likely N-dealkylation sites (tertiary alicyclic amines) is 1. The highest BCUT2D eigenvalue weighted by molar-refractivity contribution is 7.92. The first-order chi connectivity index (χ1) is 18.5. The van der Waals surface area contributed by atoms with Gasteiger partial charge in [0.15, 0.2) is 9.84 Å². The third-order valence-corrected chi connectivity index (χ3v) is 11.2. The Hall–Kier alpha value is -1.94. The van der Waals surface area contributed by atoms with Crippen LogP contribution in [0.3, 0.4) is 0 Å². The smallest absolute Gasteiger partial charge is 0.262 e. The Morgan fingerprint density at radius 3 is 2.44 bits per heavy atom. The number of nitrogens with zero attached hydrogens (tertiary/aromatic N) is 1. The molecule has 0 radical (unpaired) electrons. The van der Waals surface area contributed by atoms with E-state index in [2.05, 4.69) is 27.7 Å². The summed E-state index contributed by atoms with van der Waals surface area (Å²) in [6.45, 7) is 10.8. The van der Waals surface area contributed by atoms with Crippen molar-refractivity contribution < 1.29 is 18.0 Å². The van der Waals surface area contributed by atoms with E-state index in [9.17, 15) is 18.0 Å². The number of piperidine rings is 1. The fourth-order valence-corrected chi connectivity index (χ4v) is 7.67. The predicted octanol–water partition coefficient (Wildman–Crippen LogP) is 6.35. The summed E-state index contributed by atoms with van der Waals surface area (Å²) in [5, 5.41) is 6.78. The van der Waals surface area contributed by atoms with E-state index in [1.54, 1.807) is 13.8 Å². The number of nitrogens with one attached hydrogen (secondary N) is 2. The second kappa shape index (κ2) is 14.6. The van der Waals surface area contributed by atoms with Crippen molar-refractivity contribution in [1.82, 2.24) is 10.2 Å². The van der Waals surface area contributed by atoms with Gasteiger partial charge in [0.25, 0.3) is 5.91 Å². The highest BCUT2D eigenvalue weighted by Crippen LogP contribution is 2.33. The van der Waals surface area contributed by atoms with Gasteiger partial charge in [-0.05, 0) is 82.8 Å². The van der Waals surface area contributed by atoms with Gasteiger partial charge in [0.2, 0.25) is 5.91 Å². The van der Waals surface area contributed by atoms with Crippen LogP contribution in [0.4, 0.5) is 5.69 Å². The molecule has 0 unspecified atom stereocenters. The second-order valence-corrected chi connectivity index (χ2v) is 14.6. The van der Waals surface area contributed by atoms with Crippen LogP contribution >= 0.6 is 22.9 Å². The Morgan fingerprint density at radius 2 is 1.77 bits per heavy atom. The summed E-state index contributed by atoms with van der Waals surface area (Å²) in [7, 11) is -3.51. The van der Waals surface area contributed by atoms with Crippen LogP contribution in [0.2, 0.25) is 5.02 Å². The summed E-state index contributed by atoms with van der Waals surface area (Å²) in [6.07, 6.45) is 6.37. The normalized spacial score (nSPS) is 15.2. The zero-order valence-electron chi connectivity index (χ0n) is 23.5. The molecule has 0 atom stereocenters. The van der Waals surface area contributed by atoms with E-state index in [0.717, 1.165) is 75.2 Å². The summed E-state index contributed by atoms with van der Waals surface area (Å²) >= 11 is 7.31. The summed E-state index contributed by atoms with van der Waals surface area (Å²) in [4.78, 5) is 27.3. The molecule has 1 fully saturated rings. The first-order valence-electron chi connectivity index (χ1n) is 13.9. The van der Waals surface area contributed by atoms with Crippen LogP contribution in [0.1, 0.15) is 87.4 Å². The van der Waals surface area contributed by atoms with Gasteiger partial charge in [-0.3, -0.25) is 9.59 Å². The molecular weight excluding hydrogens is 554 g/mol. The van der Waals surface area contributed by atoms with Crippen molar-refractivity contribution in [3.63, 3.8) is 0 Å². The third-order valence-electron chi connectivity index (χ3n) is 7.26. The topological polar surface area (TPSA) is 95.6 Å². The van der Waals surface area contributed by atoms with Crippen LogP contribution in [0, 0.1) is 5.92 Å². The minimum absolute atomic E-state index is 0.0283. The van der Waals surface area contributed by atoms with E-state index in [-0.39, 0.29) is 32.5 Å². The molecule has 39 heavy (non-hydrogen) atoms. The SMILES string of the molecule is CC(C)C(=O)Nc1cccc(C2CCN(CCCCCCNC(=O)c3scc(S(=O)(=O)C(C)C)c3Cl)CC2)c1. The largest absolute Gasteiger partial charge is 0.351 e. The molecular formula is C29H42ClN3O4S2. The standard InChI is InChI=1S/C29H42ClN3O4S2/c1-20(2)28(34)32-24-11-9-10-23(18-24)22-12-16-33(17-13-22)15-8-6-5-7-14-31-29(35)27-26(30)25(19-38-27)39(36,37)21(3)4/h9-11,18-22H,5-8,12-17H2,1-4H3,(H,31,35)(H,32,34). The second-order valence-electron chi connectivity index (χ2n) is 10.9. The van der Waals surface area contributed by atoms with E-state index in [1.807, 2.05) is 26.0 Å².